The molecule has 2 atom stereocenters. The minimum Gasteiger partial charge on any atom is -0.468 e. The average Bonchev–Trinajstić information content (AvgIpc) is 2.77. The number of ketones is 1. The van der Waals surface area contributed by atoms with Crippen LogP contribution in [0.5, 0.6) is 0 Å². The highest BCUT2D eigenvalue weighted by molar-refractivity contribution is 6.12. The smallest absolute Gasteiger partial charge is 0.321 e. The third-order valence-electron chi connectivity index (χ3n) is 3.46. The SMILES string of the molecule is CCC#CCC1(C(=O)OC)C(=O)C=CC1CC(=O)OCC. The van der Waals surface area contributed by atoms with Gasteiger partial charge in [0.2, 0.25) is 0 Å². The second-order valence-electron chi connectivity index (χ2n) is 4.69. The molecule has 0 aromatic rings. The summed E-state index contributed by atoms with van der Waals surface area (Å²) in [6.07, 6.45) is 3.53. The van der Waals surface area contributed by atoms with Crippen LogP contribution in [0.3, 0.4) is 0 Å². The van der Waals surface area contributed by atoms with Gasteiger partial charge in [-0.25, -0.2) is 0 Å². The van der Waals surface area contributed by atoms with E-state index in [9.17, 15) is 14.4 Å². The fraction of sp³-hybridized carbons (Fsp3) is 0.562. The molecular weight excluding hydrogens is 272 g/mol. The highest BCUT2D eigenvalue weighted by atomic mass is 16.5. The molecule has 0 N–H and O–H groups in total. The van der Waals surface area contributed by atoms with Crippen molar-refractivity contribution in [3.8, 4) is 11.8 Å². The first-order valence-corrected chi connectivity index (χ1v) is 6.95. The molecule has 1 aliphatic carbocycles. The van der Waals surface area contributed by atoms with Crippen LogP contribution in [0, 0.1) is 23.2 Å². The maximum Gasteiger partial charge on any atom is 0.321 e. The Bertz CT molecular complexity index is 508. The number of methoxy groups -OCH3 is 1. The van der Waals surface area contributed by atoms with Crippen LogP contribution in [0.25, 0.3) is 0 Å². The first kappa shape index (κ1) is 17.0. The Hall–Kier alpha value is -2.09. The van der Waals surface area contributed by atoms with Gasteiger partial charge in [0.15, 0.2) is 5.78 Å². The van der Waals surface area contributed by atoms with E-state index in [1.807, 2.05) is 6.92 Å². The van der Waals surface area contributed by atoms with Gasteiger partial charge < -0.3 is 9.47 Å². The van der Waals surface area contributed by atoms with E-state index in [1.165, 1.54) is 13.2 Å². The third kappa shape index (κ3) is 3.52. The Balaban J connectivity index is 3.07. The van der Waals surface area contributed by atoms with Crippen molar-refractivity contribution < 1.29 is 23.9 Å². The van der Waals surface area contributed by atoms with E-state index in [4.69, 9.17) is 9.47 Å². The predicted molar refractivity (Wildman–Crippen MR) is 76.0 cm³/mol. The molecule has 5 nitrogen and oxygen atoms in total. The van der Waals surface area contributed by atoms with Gasteiger partial charge in [-0.15, -0.1) is 11.8 Å². The van der Waals surface area contributed by atoms with Crippen molar-refractivity contribution in [1.29, 1.82) is 0 Å². The summed E-state index contributed by atoms with van der Waals surface area (Å²) in [4.78, 5) is 36.1. The number of rotatable bonds is 5. The molecule has 1 rings (SSSR count). The van der Waals surface area contributed by atoms with Crippen LogP contribution >= 0.6 is 0 Å². The minimum atomic E-state index is -1.43. The highest BCUT2D eigenvalue weighted by Gasteiger charge is 2.54. The van der Waals surface area contributed by atoms with Crippen LogP contribution in [0.15, 0.2) is 12.2 Å². The molecule has 0 amide bonds. The van der Waals surface area contributed by atoms with Gasteiger partial charge in [0.05, 0.1) is 20.1 Å². The van der Waals surface area contributed by atoms with Gasteiger partial charge in [0, 0.05) is 18.8 Å². The largest absolute Gasteiger partial charge is 0.468 e. The predicted octanol–water partition coefficient (Wildman–Crippen LogP) is 1.66. The molecule has 0 heterocycles. The first-order chi connectivity index (χ1) is 10.0. The normalized spacial score (nSPS) is 23.4. The Kier molecular flexibility index (Phi) is 6.16. The number of ether oxygens (including phenoxy) is 2. The molecule has 0 spiro atoms. The quantitative estimate of drug-likeness (QED) is 0.438. The fourth-order valence-corrected chi connectivity index (χ4v) is 2.39. The first-order valence-electron chi connectivity index (χ1n) is 6.95. The lowest BCUT2D eigenvalue weighted by molar-refractivity contribution is -0.159. The summed E-state index contributed by atoms with van der Waals surface area (Å²) < 4.78 is 9.69. The standard InChI is InChI=1S/C16H20O5/c1-4-6-7-10-16(15(19)20-3)12(8-9-13(16)17)11-14(18)21-5-2/h8-9,12H,4-5,10-11H2,1-3H3. The van der Waals surface area contributed by atoms with Gasteiger partial charge in [0.1, 0.15) is 5.41 Å². The number of hydrogen-bond acceptors (Lipinski definition) is 5. The van der Waals surface area contributed by atoms with Gasteiger partial charge >= 0.3 is 11.9 Å². The Morgan fingerprint density at radius 3 is 2.62 bits per heavy atom. The summed E-state index contributed by atoms with van der Waals surface area (Å²) in [6.45, 7) is 3.83. The van der Waals surface area contributed by atoms with E-state index in [-0.39, 0.29) is 25.2 Å². The van der Waals surface area contributed by atoms with Crippen molar-refractivity contribution in [2.75, 3.05) is 13.7 Å². The molecule has 5 heteroatoms. The second-order valence-corrected chi connectivity index (χ2v) is 4.69. The summed E-state index contributed by atoms with van der Waals surface area (Å²) in [5.41, 5.74) is -1.43. The maximum absolute atomic E-state index is 12.2. The van der Waals surface area contributed by atoms with Crippen LogP contribution in [-0.4, -0.2) is 31.4 Å². The lowest BCUT2D eigenvalue weighted by Gasteiger charge is -2.28. The van der Waals surface area contributed by atoms with Crippen LogP contribution in [0.4, 0.5) is 0 Å². The minimum absolute atomic E-state index is 0.0427. The molecule has 2 unspecified atom stereocenters. The molecule has 0 bridgehead atoms. The number of carbonyl (C=O) groups is 3. The molecule has 0 saturated heterocycles. The lowest BCUT2D eigenvalue weighted by atomic mass is 9.72. The van der Waals surface area contributed by atoms with Crippen molar-refractivity contribution in [3.63, 3.8) is 0 Å². The van der Waals surface area contributed by atoms with E-state index < -0.39 is 23.3 Å². The molecule has 21 heavy (non-hydrogen) atoms. The van der Waals surface area contributed by atoms with E-state index in [1.54, 1.807) is 13.0 Å². The van der Waals surface area contributed by atoms with Crippen LogP contribution in [0.1, 0.15) is 33.1 Å². The highest BCUT2D eigenvalue weighted by Crippen LogP contribution is 2.42. The molecule has 0 aromatic heterocycles. The topological polar surface area (TPSA) is 69.7 Å². The van der Waals surface area contributed by atoms with Crippen LogP contribution < -0.4 is 0 Å². The van der Waals surface area contributed by atoms with Crippen molar-refractivity contribution >= 4 is 17.7 Å². The Morgan fingerprint density at radius 2 is 2.05 bits per heavy atom. The zero-order valence-corrected chi connectivity index (χ0v) is 12.6. The van der Waals surface area contributed by atoms with Crippen molar-refractivity contribution in [2.24, 2.45) is 11.3 Å². The average molecular weight is 292 g/mol. The van der Waals surface area contributed by atoms with Gasteiger partial charge in [-0.3, -0.25) is 14.4 Å². The Morgan fingerprint density at radius 1 is 1.33 bits per heavy atom. The number of esters is 2. The summed E-state index contributed by atoms with van der Waals surface area (Å²) in [5, 5.41) is 0. The van der Waals surface area contributed by atoms with E-state index in [2.05, 4.69) is 11.8 Å². The van der Waals surface area contributed by atoms with Crippen LogP contribution in [0.2, 0.25) is 0 Å². The molecule has 114 valence electrons. The van der Waals surface area contributed by atoms with E-state index >= 15 is 0 Å². The molecular formula is C16H20O5. The third-order valence-corrected chi connectivity index (χ3v) is 3.46. The van der Waals surface area contributed by atoms with Crippen molar-refractivity contribution in [3.05, 3.63) is 12.2 Å². The number of allylic oxidation sites excluding steroid dienone is 2. The number of hydrogen-bond donors (Lipinski definition) is 0. The summed E-state index contributed by atoms with van der Waals surface area (Å²) in [5.74, 6) is 3.63. The van der Waals surface area contributed by atoms with E-state index in [0.29, 0.717) is 6.42 Å². The zero-order valence-electron chi connectivity index (χ0n) is 12.6. The van der Waals surface area contributed by atoms with Gasteiger partial charge in [0.25, 0.3) is 0 Å². The van der Waals surface area contributed by atoms with Crippen molar-refractivity contribution in [1.82, 2.24) is 0 Å². The summed E-state index contributed by atoms with van der Waals surface area (Å²) >= 11 is 0. The second kappa shape index (κ2) is 7.63. The van der Waals surface area contributed by atoms with Gasteiger partial charge in [-0.1, -0.05) is 13.0 Å². The number of carbonyl (C=O) groups excluding carboxylic acids is 3. The van der Waals surface area contributed by atoms with E-state index in [0.717, 1.165) is 0 Å². The summed E-state index contributed by atoms with van der Waals surface area (Å²) in [7, 11) is 1.23. The lowest BCUT2D eigenvalue weighted by Crippen LogP contribution is -2.43. The molecule has 0 aliphatic heterocycles. The molecule has 0 radical (unpaired) electrons. The molecule has 0 fully saturated rings. The Labute approximate surface area is 124 Å². The van der Waals surface area contributed by atoms with Gasteiger partial charge in [-0.2, -0.15) is 0 Å². The molecule has 1 aliphatic rings. The van der Waals surface area contributed by atoms with Gasteiger partial charge in [-0.05, 0) is 13.0 Å². The molecule has 0 aromatic carbocycles. The van der Waals surface area contributed by atoms with Crippen molar-refractivity contribution in [2.45, 2.75) is 33.1 Å². The maximum atomic E-state index is 12.2. The molecule has 0 saturated carbocycles. The monoisotopic (exact) mass is 292 g/mol. The summed E-state index contributed by atoms with van der Waals surface area (Å²) in [6, 6.07) is 0. The fourth-order valence-electron chi connectivity index (χ4n) is 2.39. The zero-order chi connectivity index (χ0) is 15.9. The van der Waals surface area contributed by atoms with Crippen LogP contribution in [-0.2, 0) is 23.9 Å².